The monoisotopic (exact) mass is 388 g/mol. The van der Waals surface area contributed by atoms with E-state index in [1.807, 2.05) is 54.6 Å². The van der Waals surface area contributed by atoms with Crippen LogP contribution in [0.5, 0.6) is 0 Å². The second kappa shape index (κ2) is 8.11. The van der Waals surface area contributed by atoms with Crippen LogP contribution < -0.4 is 4.90 Å². The molecule has 0 radical (unpaired) electrons. The lowest BCUT2D eigenvalue weighted by molar-refractivity contribution is 0.0784. The molecule has 0 atom stereocenters. The Morgan fingerprint density at radius 3 is 2.52 bits per heavy atom. The number of hydrogen-bond acceptors (Lipinski definition) is 3. The highest BCUT2D eigenvalue weighted by Gasteiger charge is 2.22. The normalized spacial score (nSPS) is 13.7. The van der Waals surface area contributed by atoms with Gasteiger partial charge in [0.2, 0.25) is 0 Å². The maximum absolute atomic E-state index is 13.3. The molecule has 29 heavy (non-hydrogen) atoms. The highest BCUT2D eigenvalue weighted by molar-refractivity contribution is 5.95. The Morgan fingerprint density at radius 1 is 1.07 bits per heavy atom. The van der Waals surface area contributed by atoms with Crippen LogP contribution in [0, 0.1) is 13.8 Å². The van der Waals surface area contributed by atoms with Gasteiger partial charge in [-0.1, -0.05) is 24.3 Å². The zero-order valence-corrected chi connectivity index (χ0v) is 17.4. The number of carbonyl (C=O) groups excluding carboxylic acids is 1. The van der Waals surface area contributed by atoms with E-state index in [9.17, 15) is 4.79 Å². The summed E-state index contributed by atoms with van der Waals surface area (Å²) >= 11 is 0. The minimum absolute atomic E-state index is 0.0384. The summed E-state index contributed by atoms with van der Waals surface area (Å²) in [5.74, 6) is 0.875. The van der Waals surface area contributed by atoms with Gasteiger partial charge >= 0.3 is 0 Å². The first kappa shape index (κ1) is 19.2. The first-order valence-corrected chi connectivity index (χ1v) is 10.2. The summed E-state index contributed by atoms with van der Waals surface area (Å²) < 4.78 is 2.04. The number of aromatic nitrogens is 2. The molecule has 0 saturated carbocycles. The van der Waals surface area contributed by atoms with Crippen molar-refractivity contribution in [3.05, 3.63) is 77.2 Å². The van der Waals surface area contributed by atoms with Gasteiger partial charge in [-0.05, 0) is 56.5 Å². The summed E-state index contributed by atoms with van der Waals surface area (Å²) in [5, 5.41) is 0. The van der Waals surface area contributed by atoms with Crippen molar-refractivity contribution in [3.63, 3.8) is 0 Å². The number of pyridine rings is 1. The van der Waals surface area contributed by atoms with Crippen LogP contribution >= 0.6 is 0 Å². The molecule has 3 heterocycles. The SMILES string of the molecule is Cc1cc(C(=O)N(C)Cc2ccccc2N2CCCC2)c(C)n1-c1ccccn1. The van der Waals surface area contributed by atoms with Gasteiger partial charge < -0.3 is 14.4 Å². The van der Waals surface area contributed by atoms with Crippen LogP contribution in [0.1, 0.15) is 40.2 Å². The van der Waals surface area contributed by atoms with Gasteiger partial charge in [0.1, 0.15) is 5.82 Å². The topological polar surface area (TPSA) is 41.4 Å². The summed E-state index contributed by atoms with van der Waals surface area (Å²) in [4.78, 5) is 22.0. The van der Waals surface area contributed by atoms with Crippen LogP contribution in [0.4, 0.5) is 5.69 Å². The average molecular weight is 389 g/mol. The molecule has 5 nitrogen and oxygen atoms in total. The summed E-state index contributed by atoms with van der Waals surface area (Å²) in [6.45, 7) is 6.79. The molecule has 1 aliphatic heterocycles. The van der Waals surface area contributed by atoms with E-state index in [0.717, 1.165) is 35.9 Å². The molecule has 1 amide bonds. The van der Waals surface area contributed by atoms with Crippen LogP contribution in [-0.4, -0.2) is 40.5 Å². The van der Waals surface area contributed by atoms with Gasteiger partial charge in [-0.2, -0.15) is 0 Å². The first-order chi connectivity index (χ1) is 14.1. The lowest BCUT2D eigenvalue weighted by atomic mass is 10.1. The molecule has 0 unspecified atom stereocenters. The quantitative estimate of drug-likeness (QED) is 0.652. The molecular weight excluding hydrogens is 360 g/mol. The van der Waals surface area contributed by atoms with Crippen molar-refractivity contribution >= 4 is 11.6 Å². The van der Waals surface area contributed by atoms with Crippen molar-refractivity contribution in [3.8, 4) is 5.82 Å². The molecule has 0 bridgehead atoms. The number of carbonyl (C=O) groups is 1. The van der Waals surface area contributed by atoms with Crippen molar-refractivity contribution < 1.29 is 4.79 Å². The number of nitrogens with zero attached hydrogens (tertiary/aromatic N) is 4. The summed E-state index contributed by atoms with van der Waals surface area (Å²) in [6.07, 6.45) is 4.25. The third-order valence-electron chi connectivity index (χ3n) is 5.73. The van der Waals surface area contributed by atoms with E-state index in [0.29, 0.717) is 6.54 Å². The average Bonchev–Trinajstić information content (AvgIpc) is 3.36. The summed E-state index contributed by atoms with van der Waals surface area (Å²) in [5.41, 5.74) is 5.11. The van der Waals surface area contributed by atoms with Crippen LogP contribution in [0.15, 0.2) is 54.7 Å². The lowest BCUT2D eigenvalue weighted by Gasteiger charge is -2.24. The number of aryl methyl sites for hydroxylation is 1. The van der Waals surface area contributed by atoms with Crippen LogP contribution in [-0.2, 0) is 6.54 Å². The lowest BCUT2D eigenvalue weighted by Crippen LogP contribution is -2.28. The third kappa shape index (κ3) is 3.77. The van der Waals surface area contributed by atoms with Gasteiger partial charge in [0.05, 0.1) is 5.56 Å². The van der Waals surface area contributed by atoms with Crippen LogP contribution in [0.3, 0.4) is 0 Å². The smallest absolute Gasteiger partial charge is 0.255 e. The maximum atomic E-state index is 13.3. The van der Waals surface area contributed by atoms with Crippen molar-refractivity contribution in [2.75, 3.05) is 25.0 Å². The highest BCUT2D eigenvalue weighted by Crippen LogP contribution is 2.26. The fourth-order valence-corrected chi connectivity index (χ4v) is 4.26. The number of hydrogen-bond donors (Lipinski definition) is 0. The largest absolute Gasteiger partial charge is 0.371 e. The van der Waals surface area contributed by atoms with E-state index in [1.165, 1.54) is 24.1 Å². The molecule has 1 fully saturated rings. The summed E-state index contributed by atoms with van der Waals surface area (Å²) in [7, 11) is 1.88. The second-order valence-electron chi connectivity index (χ2n) is 7.79. The Labute approximate surface area is 172 Å². The predicted molar refractivity (Wildman–Crippen MR) is 117 cm³/mol. The van der Waals surface area contributed by atoms with E-state index < -0.39 is 0 Å². The maximum Gasteiger partial charge on any atom is 0.255 e. The second-order valence-corrected chi connectivity index (χ2v) is 7.79. The zero-order valence-electron chi connectivity index (χ0n) is 17.4. The number of rotatable bonds is 5. The summed E-state index contributed by atoms with van der Waals surface area (Å²) in [6, 6.07) is 16.2. The van der Waals surface area contributed by atoms with E-state index >= 15 is 0 Å². The Kier molecular flexibility index (Phi) is 5.38. The molecule has 0 aliphatic carbocycles. The predicted octanol–water partition coefficient (Wildman–Crippen LogP) is 4.36. The highest BCUT2D eigenvalue weighted by atomic mass is 16.2. The van der Waals surface area contributed by atoms with E-state index in [4.69, 9.17) is 0 Å². The van der Waals surface area contributed by atoms with Crippen molar-refractivity contribution in [1.82, 2.24) is 14.5 Å². The van der Waals surface area contributed by atoms with Gasteiger partial charge in [0.15, 0.2) is 0 Å². The standard InChI is InChI=1S/C24H28N4O/c1-18-16-21(19(2)28(18)23-12-6-7-13-25-23)24(29)26(3)17-20-10-4-5-11-22(20)27-14-8-9-15-27/h4-7,10-13,16H,8-9,14-15,17H2,1-3H3. The minimum Gasteiger partial charge on any atom is -0.371 e. The molecule has 0 N–H and O–H groups in total. The van der Waals surface area contributed by atoms with Crippen molar-refractivity contribution in [2.24, 2.45) is 0 Å². The Balaban J connectivity index is 1.58. The van der Waals surface area contributed by atoms with E-state index in [1.54, 1.807) is 6.20 Å². The van der Waals surface area contributed by atoms with Gasteiger partial charge in [-0.25, -0.2) is 4.98 Å². The molecule has 1 saturated heterocycles. The van der Waals surface area contributed by atoms with Gasteiger partial charge in [-0.3, -0.25) is 4.79 Å². The Hall–Kier alpha value is -3.08. The number of benzene rings is 1. The molecule has 1 aromatic carbocycles. The Bertz CT molecular complexity index is 1000. The van der Waals surface area contributed by atoms with Gasteiger partial charge in [-0.15, -0.1) is 0 Å². The molecular formula is C24H28N4O. The molecule has 4 rings (SSSR count). The van der Waals surface area contributed by atoms with Crippen molar-refractivity contribution in [1.29, 1.82) is 0 Å². The number of anilines is 1. The Morgan fingerprint density at radius 2 is 1.79 bits per heavy atom. The molecule has 0 spiro atoms. The first-order valence-electron chi connectivity index (χ1n) is 10.2. The van der Waals surface area contributed by atoms with Crippen LogP contribution in [0.2, 0.25) is 0 Å². The van der Waals surface area contributed by atoms with Gasteiger partial charge in [0.25, 0.3) is 5.91 Å². The molecule has 150 valence electrons. The minimum atomic E-state index is 0.0384. The van der Waals surface area contributed by atoms with E-state index in [2.05, 4.69) is 34.1 Å². The van der Waals surface area contributed by atoms with Gasteiger partial charge in [0, 0.05) is 50.0 Å². The zero-order chi connectivity index (χ0) is 20.4. The molecule has 1 aliphatic rings. The number of amides is 1. The van der Waals surface area contributed by atoms with Crippen molar-refractivity contribution in [2.45, 2.75) is 33.2 Å². The molecule has 3 aromatic rings. The number of para-hydroxylation sites is 1. The van der Waals surface area contributed by atoms with Crippen LogP contribution in [0.25, 0.3) is 5.82 Å². The molecule has 5 heteroatoms. The fraction of sp³-hybridized carbons (Fsp3) is 0.333. The van der Waals surface area contributed by atoms with E-state index in [-0.39, 0.29) is 5.91 Å². The fourth-order valence-electron chi connectivity index (χ4n) is 4.26. The molecule has 2 aromatic heterocycles. The third-order valence-corrected chi connectivity index (χ3v) is 5.73.